The maximum absolute atomic E-state index is 9.06. The van der Waals surface area contributed by atoms with Gasteiger partial charge >= 0.3 is 0 Å². The van der Waals surface area contributed by atoms with Crippen molar-refractivity contribution < 1.29 is 4.74 Å². The molecule has 5 rings (SSSR count). The molecule has 0 bridgehead atoms. The smallest absolute Gasteiger partial charge is 0.133 e. The minimum atomic E-state index is -0.0801. The quantitative estimate of drug-likeness (QED) is 0.509. The van der Waals surface area contributed by atoms with Crippen LogP contribution in [0.3, 0.4) is 0 Å². The molecule has 2 heterocycles. The molecule has 1 aliphatic rings. The molecule has 0 fully saturated rings. The van der Waals surface area contributed by atoms with Gasteiger partial charge in [0, 0.05) is 29.8 Å². The van der Waals surface area contributed by atoms with E-state index >= 15 is 0 Å². The highest BCUT2D eigenvalue weighted by atomic mass is 16.5. The molecule has 0 saturated heterocycles. The van der Waals surface area contributed by atoms with Gasteiger partial charge in [0.2, 0.25) is 0 Å². The molecule has 2 atom stereocenters. The van der Waals surface area contributed by atoms with Crippen LogP contribution in [0.5, 0.6) is 5.75 Å². The number of hydrogen-bond acceptors (Lipinski definition) is 3. The van der Waals surface area contributed by atoms with E-state index in [0.717, 1.165) is 23.1 Å². The molecular weight excluding hydrogens is 334 g/mol. The largest absolute Gasteiger partial charge is 0.485 e. The normalized spacial score (nSPS) is 18.5. The third kappa shape index (κ3) is 2.65. The van der Waals surface area contributed by atoms with Gasteiger partial charge in [0.1, 0.15) is 11.9 Å². The summed E-state index contributed by atoms with van der Waals surface area (Å²) in [6.07, 6.45) is 6.42. The van der Waals surface area contributed by atoms with Crippen molar-refractivity contribution in [3.05, 3.63) is 96.1 Å². The molecule has 0 radical (unpaired) electrons. The lowest BCUT2D eigenvalue weighted by Gasteiger charge is -2.34. The minimum absolute atomic E-state index is 0.0801. The monoisotopic (exact) mass is 351 g/mol. The Balaban J connectivity index is 1.66. The number of nitriles is 1. The van der Waals surface area contributed by atoms with Crippen LogP contribution in [0.2, 0.25) is 0 Å². The number of aromatic nitrogens is 2. The van der Waals surface area contributed by atoms with Gasteiger partial charge in [-0.1, -0.05) is 48.5 Å². The van der Waals surface area contributed by atoms with Crippen LogP contribution in [0.4, 0.5) is 0 Å². The van der Waals surface area contributed by atoms with E-state index in [-0.39, 0.29) is 12.1 Å². The first-order valence-electron chi connectivity index (χ1n) is 8.99. The van der Waals surface area contributed by atoms with E-state index in [0.29, 0.717) is 5.56 Å². The molecule has 4 aromatic rings. The first-order valence-corrected chi connectivity index (χ1v) is 8.99. The molecule has 4 nitrogen and oxygen atoms in total. The van der Waals surface area contributed by atoms with Crippen LogP contribution in [0.15, 0.2) is 79.4 Å². The Morgan fingerprint density at radius 3 is 2.67 bits per heavy atom. The van der Waals surface area contributed by atoms with Gasteiger partial charge < -0.3 is 9.30 Å². The number of rotatable bonds is 2. The molecule has 1 aromatic heterocycles. The Kier molecular flexibility index (Phi) is 3.65. The Morgan fingerprint density at radius 1 is 1.04 bits per heavy atom. The third-order valence-corrected chi connectivity index (χ3v) is 5.26. The third-order valence-electron chi connectivity index (χ3n) is 5.26. The Morgan fingerprint density at radius 2 is 1.89 bits per heavy atom. The Labute approximate surface area is 157 Å². The highest BCUT2D eigenvalue weighted by Crippen LogP contribution is 2.46. The summed E-state index contributed by atoms with van der Waals surface area (Å²) in [4.78, 5) is 4.24. The van der Waals surface area contributed by atoms with Crippen molar-refractivity contribution in [3.63, 3.8) is 0 Å². The summed E-state index contributed by atoms with van der Waals surface area (Å²) in [7, 11) is 0. The first-order chi connectivity index (χ1) is 13.3. The maximum Gasteiger partial charge on any atom is 0.133 e. The molecule has 130 valence electrons. The second kappa shape index (κ2) is 6.30. The lowest BCUT2D eigenvalue weighted by molar-refractivity contribution is 0.156. The molecule has 0 amide bonds. The zero-order chi connectivity index (χ0) is 18.2. The van der Waals surface area contributed by atoms with Crippen molar-refractivity contribution in [1.29, 1.82) is 5.26 Å². The van der Waals surface area contributed by atoms with Crippen LogP contribution in [-0.2, 0) is 0 Å². The van der Waals surface area contributed by atoms with E-state index in [1.165, 1.54) is 10.9 Å². The lowest BCUT2D eigenvalue weighted by atomic mass is 9.90. The summed E-state index contributed by atoms with van der Waals surface area (Å²) in [5.74, 6) is 0.937. The van der Waals surface area contributed by atoms with E-state index in [1.807, 2.05) is 55.1 Å². The predicted octanol–water partition coefficient (Wildman–Crippen LogP) is 5.02. The fourth-order valence-electron chi connectivity index (χ4n) is 3.89. The van der Waals surface area contributed by atoms with Gasteiger partial charge in [0.05, 0.1) is 24.0 Å². The number of imidazole rings is 1. The molecule has 4 heteroatoms. The highest BCUT2D eigenvalue weighted by Gasteiger charge is 2.31. The van der Waals surface area contributed by atoms with Crippen LogP contribution < -0.4 is 4.74 Å². The molecule has 27 heavy (non-hydrogen) atoms. The Hall–Kier alpha value is -3.58. The first kappa shape index (κ1) is 15.7. The van der Waals surface area contributed by atoms with Gasteiger partial charge in [-0.2, -0.15) is 5.26 Å². The van der Waals surface area contributed by atoms with Crippen molar-refractivity contribution in [2.75, 3.05) is 0 Å². The van der Waals surface area contributed by atoms with Crippen LogP contribution in [0.25, 0.3) is 10.8 Å². The summed E-state index contributed by atoms with van der Waals surface area (Å²) in [5, 5.41) is 11.4. The van der Waals surface area contributed by atoms with E-state index in [1.54, 1.807) is 0 Å². The highest BCUT2D eigenvalue weighted by molar-refractivity contribution is 5.90. The zero-order valence-electron chi connectivity index (χ0n) is 14.6. The van der Waals surface area contributed by atoms with Gasteiger partial charge in [0.15, 0.2) is 0 Å². The zero-order valence-corrected chi connectivity index (χ0v) is 14.6. The molecule has 0 aliphatic carbocycles. The standard InChI is InChI=1S/C23H17N3O/c24-14-16-5-7-18(8-6-16)22-13-21(26-12-11-25-15-26)20-10-9-17-3-1-2-4-19(17)23(20)27-22/h1-12,15,21-22H,13H2/t21-,22-/m0/s1. The average molecular weight is 351 g/mol. The van der Waals surface area contributed by atoms with Crippen LogP contribution in [0, 0.1) is 11.3 Å². The van der Waals surface area contributed by atoms with Gasteiger partial charge in [-0.05, 0) is 23.1 Å². The fourth-order valence-corrected chi connectivity index (χ4v) is 3.89. The summed E-state index contributed by atoms with van der Waals surface area (Å²) in [6.45, 7) is 0. The van der Waals surface area contributed by atoms with Crippen molar-refractivity contribution in [2.24, 2.45) is 0 Å². The van der Waals surface area contributed by atoms with Crippen molar-refractivity contribution in [2.45, 2.75) is 18.6 Å². The summed E-state index contributed by atoms with van der Waals surface area (Å²) in [5.41, 5.74) is 2.92. The van der Waals surface area contributed by atoms with Crippen LogP contribution in [-0.4, -0.2) is 9.55 Å². The van der Waals surface area contributed by atoms with Gasteiger partial charge in [0.25, 0.3) is 0 Å². The summed E-state index contributed by atoms with van der Waals surface area (Å²) < 4.78 is 8.66. The molecule has 0 saturated carbocycles. The Bertz CT molecular complexity index is 1140. The molecule has 3 aromatic carbocycles. The lowest BCUT2D eigenvalue weighted by Crippen LogP contribution is -2.23. The SMILES string of the molecule is N#Cc1ccc([C@@H]2C[C@H](n3ccnc3)c3ccc4ccccc4c3O2)cc1. The van der Waals surface area contributed by atoms with Crippen LogP contribution in [0.1, 0.15) is 35.3 Å². The van der Waals surface area contributed by atoms with E-state index in [4.69, 9.17) is 10.00 Å². The maximum atomic E-state index is 9.06. The summed E-state index contributed by atoms with van der Waals surface area (Å²) >= 11 is 0. The van der Waals surface area contributed by atoms with Gasteiger partial charge in [-0.3, -0.25) is 0 Å². The van der Waals surface area contributed by atoms with Crippen molar-refractivity contribution in [1.82, 2.24) is 9.55 Å². The fraction of sp³-hybridized carbons (Fsp3) is 0.130. The topological polar surface area (TPSA) is 50.8 Å². The van der Waals surface area contributed by atoms with Crippen molar-refractivity contribution >= 4 is 10.8 Å². The summed E-state index contributed by atoms with van der Waals surface area (Å²) in [6, 6.07) is 22.6. The molecular formula is C23H17N3O. The van der Waals surface area contributed by atoms with Crippen LogP contribution >= 0.6 is 0 Å². The number of fused-ring (bicyclic) bond motifs is 3. The minimum Gasteiger partial charge on any atom is -0.485 e. The van der Waals surface area contributed by atoms with E-state index in [9.17, 15) is 0 Å². The van der Waals surface area contributed by atoms with Gasteiger partial charge in [-0.25, -0.2) is 4.98 Å². The molecule has 0 N–H and O–H groups in total. The van der Waals surface area contributed by atoms with E-state index < -0.39 is 0 Å². The van der Waals surface area contributed by atoms with Gasteiger partial charge in [-0.15, -0.1) is 0 Å². The second-order valence-electron chi connectivity index (χ2n) is 6.81. The second-order valence-corrected chi connectivity index (χ2v) is 6.81. The predicted molar refractivity (Wildman–Crippen MR) is 103 cm³/mol. The molecule has 0 unspecified atom stereocenters. The average Bonchev–Trinajstić information content (AvgIpc) is 3.27. The van der Waals surface area contributed by atoms with E-state index in [2.05, 4.69) is 39.9 Å². The number of hydrogen-bond donors (Lipinski definition) is 0. The number of nitrogens with zero attached hydrogens (tertiary/aromatic N) is 3. The number of ether oxygens (including phenoxy) is 1. The number of benzene rings is 3. The van der Waals surface area contributed by atoms with Crippen molar-refractivity contribution in [3.8, 4) is 11.8 Å². The molecule has 1 aliphatic heterocycles. The molecule has 0 spiro atoms.